The largest absolute Gasteiger partial charge is 0.466 e. The second-order valence-electron chi connectivity index (χ2n) is 8.27. The van der Waals surface area contributed by atoms with Crippen molar-refractivity contribution in [2.75, 3.05) is 0 Å². The normalized spacial score (nSPS) is 36.0. The molecule has 114 valence electrons. The van der Waals surface area contributed by atoms with Crippen LogP contribution in [0.15, 0.2) is 10.5 Å². The van der Waals surface area contributed by atoms with Gasteiger partial charge in [0.05, 0.1) is 6.04 Å². The van der Waals surface area contributed by atoms with Crippen LogP contribution in [0.4, 0.5) is 0 Å². The fourth-order valence-electron chi connectivity index (χ4n) is 4.53. The summed E-state index contributed by atoms with van der Waals surface area (Å²) in [5.74, 6) is 4.28. The first-order chi connectivity index (χ1) is 9.91. The summed E-state index contributed by atoms with van der Waals surface area (Å²) in [6.45, 7) is 6.52. The molecule has 0 radical (unpaired) electrons. The molecule has 1 N–H and O–H groups in total. The number of aryl methyl sites for hydroxylation is 1. The van der Waals surface area contributed by atoms with E-state index in [-0.39, 0.29) is 23.3 Å². The molecular weight excluding hydrogens is 262 g/mol. The van der Waals surface area contributed by atoms with Gasteiger partial charge in [-0.05, 0) is 55.9 Å². The first-order valence-electron chi connectivity index (χ1n) is 8.31. The highest BCUT2D eigenvalue weighted by Crippen LogP contribution is 2.54. The zero-order chi connectivity index (χ0) is 14.8. The molecule has 2 saturated carbocycles. The molecule has 0 saturated heterocycles. The highest BCUT2D eigenvalue weighted by molar-refractivity contribution is 5.79. The minimum absolute atomic E-state index is 0.130. The Bertz CT molecular complexity index is 576. The molecule has 4 rings (SSSR count). The number of fused-ring (bicyclic) bond motifs is 2. The van der Waals surface area contributed by atoms with Gasteiger partial charge in [-0.1, -0.05) is 13.8 Å². The van der Waals surface area contributed by atoms with Gasteiger partial charge in [0.2, 0.25) is 5.91 Å². The SMILES string of the molecule is Cc1cc2c(o1)CC(C)(C)CC2NC(=O)C1CC2CC2C1. The molecule has 3 aliphatic rings. The Labute approximate surface area is 126 Å². The Hall–Kier alpha value is -1.25. The smallest absolute Gasteiger partial charge is 0.223 e. The molecular formula is C18H25NO2. The summed E-state index contributed by atoms with van der Waals surface area (Å²) in [5.41, 5.74) is 1.40. The topological polar surface area (TPSA) is 42.2 Å². The minimum atomic E-state index is 0.130. The molecule has 1 heterocycles. The van der Waals surface area contributed by atoms with Crippen LogP contribution in [0.2, 0.25) is 0 Å². The third kappa shape index (κ3) is 2.41. The van der Waals surface area contributed by atoms with Crippen LogP contribution in [0.5, 0.6) is 0 Å². The predicted octanol–water partition coefficient (Wildman–Crippen LogP) is 3.76. The number of nitrogens with one attached hydrogen (secondary N) is 1. The zero-order valence-electron chi connectivity index (χ0n) is 13.2. The third-order valence-corrected chi connectivity index (χ3v) is 5.67. The average molecular weight is 287 g/mol. The van der Waals surface area contributed by atoms with Gasteiger partial charge >= 0.3 is 0 Å². The van der Waals surface area contributed by atoms with Crippen LogP contribution in [-0.4, -0.2) is 5.91 Å². The second kappa shape index (κ2) is 4.37. The van der Waals surface area contributed by atoms with E-state index in [9.17, 15) is 4.79 Å². The van der Waals surface area contributed by atoms with E-state index in [2.05, 4.69) is 25.2 Å². The van der Waals surface area contributed by atoms with Gasteiger partial charge in [-0.15, -0.1) is 0 Å². The summed E-state index contributed by atoms with van der Waals surface area (Å²) < 4.78 is 5.85. The number of amides is 1. The van der Waals surface area contributed by atoms with Crippen LogP contribution in [0.1, 0.15) is 62.7 Å². The van der Waals surface area contributed by atoms with Crippen LogP contribution in [0.3, 0.4) is 0 Å². The Morgan fingerprint density at radius 1 is 1.29 bits per heavy atom. The lowest BCUT2D eigenvalue weighted by Crippen LogP contribution is -2.38. The molecule has 21 heavy (non-hydrogen) atoms. The Kier molecular flexibility index (Phi) is 2.79. The zero-order valence-corrected chi connectivity index (χ0v) is 13.2. The van der Waals surface area contributed by atoms with Crippen molar-refractivity contribution in [1.82, 2.24) is 5.32 Å². The van der Waals surface area contributed by atoms with Crippen molar-refractivity contribution in [1.29, 1.82) is 0 Å². The maximum atomic E-state index is 12.6. The van der Waals surface area contributed by atoms with Gasteiger partial charge < -0.3 is 9.73 Å². The summed E-state index contributed by atoms with van der Waals surface area (Å²) in [4.78, 5) is 12.6. The van der Waals surface area contributed by atoms with Gasteiger partial charge in [-0.2, -0.15) is 0 Å². The molecule has 1 aromatic heterocycles. The highest BCUT2D eigenvalue weighted by Gasteiger charge is 2.48. The van der Waals surface area contributed by atoms with E-state index in [1.54, 1.807) is 0 Å². The van der Waals surface area contributed by atoms with Crippen molar-refractivity contribution < 1.29 is 9.21 Å². The van der Waals surface area contributed by atoms with Gasteiger partial charge in [-0.3, -0.25) is 4.79 Å². The lowest BCUT2D eigenvalue weighted by Gasteiger charge is -2.35. The van der Waals surface area contributed by atoms with E-state index < -0.39 is 0 Å². The lowest BCUT2D eigenvalue weighted by molar-refractivity contribution is -0.126. The van der Waals surface area contributed by atoms with Gasteiger partial charge in [0.15, 0.2) is 0 Å². The molecule has 3 nitrogen and oxygen atoms in total. The Morgan fingerprint density at radius 3 is 2.71 bits per heavy atom. The van der Waals surface area contributed by atoms with Gasteiger partial charge in [0.25, 0.3) is 0 Å². The van der Waals surface area contributed by atoms with E-state index in [1.165, 1.54) is 12.0 Å². The molecule has 1 aromatic rings. The van der Waals surface area contributed by atoms with Crippen LogP contribution in [-0.2, 0) is 11.2 Å². The quantitative estimate of drug-likeness (QED) is 0.899. The lowest BCUT2D eigenvalue weighted by atomic mass is 9.74. The van der Waals surface area contributed by atoms with E-state index in [0.717, 1.165) is 49.0 Å². The van der Waals surface area contributed by atoms with E-state index in [1.807, 2.05) is 6.92 Å². The number of carbonyl (C=O) groups excluding carboxylic acids is 1. The maximum Gasteiger partial charge on any atom is 0.223 e. The number of furan rings is 1. The Balaban J connectivity index is 1.52. The number of hydrogen-bond donors (Lipinski definition) is 1. The predicted molar refractivity (Wildman–Crippen MR) is 80.8 cm³/mol. The summed E-state index contributed by atoms with van der Waals surface area (Å²) in [7, 11) is 0. The first kappa shape index (κ1) is 13.4. The Morgan fingerprint density at radius 2 is 2.00 bits per heavy atom. The molecule has 3 heteroatoms. The third-order valence-electron chi connectivity index (χ3n) is 5.67. The standard InChI is InChI=1S/C18H25NO2/c1-10-4-14-15(8-18(2,3)9-16(14)21-10)19-17(20)13-6-11-5-12(11)7-13/h4,11-13,15H,5-9H2,1-3H3,(H,19,20). The first-order valence-corrected chi connectivity index (χ1v) is 8.31. The van der Waals surface area contributed by atoms with E-state index in [4.69, 9.17) is 4.42 Å². The molecule has 0 aromatic carbocycles. The van der Waals surface area contributed by atoms with Crippen LogP contribution >= 0.6 is 0 Å². The molecule has 3 unspecified atom stereocenters. The molecule has 1 amide bonds. The molecule has 0 aliphatic heterocycles. The van der Waals surface area contributed by atoms with Crippen LogP contribution in [0.25, 0.3) is 0 Å². The molecule has 2 fully saturated rings. The number of rotatable bonds is 2. The fraction of sp³-hybridized carbons (Fsp3) is 0.722. The summed E-state index contributed by atoms with van der Waals surface area (Å²) in [6.07, 6.45) is 5.57. The van der Waals surface area contributed by atoms with Gasteiger partial charge in [0, 0.05) is 17.9 Å². The molecule has 0 spiro atoms. The molecule has 3 atom stereocenters. The summed E-state index contributed by atoms with van der Waals surface area (Å²) in [6, 6.07) is 2.24. The van der Waals surface area contributed by atoms with E-state index >= 15 is 0 Å². The van der Waals surface area contributed by atoms with Gasteiger partial charge in [-0.25, -0.2) is 0 Å². The molecule has 3 aliphatic carbocycles. The van der Waals surface area contributed by atoms with Crippen molar-refractivity contribution in [3.05, 3.63) is 23.2 Å². The van der Waals surface area contributed by atoms with Crippen LogP contribution in [0, 0.1) is 30.1 Å². The minimum Gasteiger partial charge on any atom is -0.466 e. The monoisotopic (exact) mass is 287 g/mol. The second-order valence-corrected chi connectivity index (χ2v) is 8.27. The highest BCUT2D eigenvalue weighted by atomic mass is 16.3. The maximum absolute atomic E-state index is 12.6. The number of hydrogen-bond acceptors (Lipinski definition) is 2. The van der Waals surface area contributed by atoms with Crippen molar-refractivity contribution in [3.8, 4) is 0 Å². The van der Waals surface area contributed by atoms with Crippen LogP contribution < -0.4 is 5.32 Å². The summed E-state index contributed by atoms with van der Waals surface area (Å²) in [5, 5.41) is 3.33. The van der Waals surface area contributed by atoms with Crippen molar-refractivity contribution in [2.24, 2.45) is 23.2 Å². The van der Waals surface area contributed by atoms with E-state index in [0.29, 0.717) is 0 Å². The van der Waals surface area contributed by atoms with Gasteiger partial charge in [0.1, 0.15) is 11.5 Å². The summed E-state index contributed by atoms with van der Waals surface area (Å²) >= 11 is 0. The number of carbonyl (C=O) groups is 1. The van der Waals surface area contributed by atoms with Crippen molar-refractivity contribution >= 4 is 5.91 Å². The molecule has 0 bridgehead atoms. The fourth-order valence-corrected chi connectivity index (χ4v) is 4.53. The van der Waals surface area contributed by atoms with Crippen molar-refractivity contribution in [2.45, 2.75) is 58.9 Å². The average Bonchev–Trinajstić information content (AvgIpc) is 2.80. The van der Waals surface area contributed by atoms with Crippen molar-refractivity contribution in [3.63, 3.8) is 0 Å².